The standard InChI is InChI=1S/C25H38F2O6/c1-17(2)22(29)31-8-6-5-7-30-18(3)32-16-24-10-19-9-20(11-24)13-25(12-19,15-24)33-14-21(28)23(4,26)27/h18-20H,1,5-16H2,2-4H3. The second kappa shape index (κ2) is 10.5. The Balaban J connectivity index is 1.42. The Labute approximate surface area is 195 Å². The van der Waals surface area contributed by atoms with E-state index >= 15 is 0 Å². The summed E-state index contributed by atoms with van der Waals surface area (Å²) in [4.78, 5) is 23.1. The third-order valence-corrected chi connectivity index (χ3v) is 7.22. The van der Waals surface area contributed by atoms with Crippen molar-refractivity contribution in [3.05, 3.63) is 12.2 Å². The molecule has 4 fully saturated rings. The Morgan fingerprint density at radius 1 is 1.09 bits per heavy atom. The summed E-state index contributed by atoms with van der Waals surface area (Å²) in [6, 6.07) is 0. The molecule has 3 atom stereocenters. The molecule has 0 aromatic heterocycles. The molecule has 0 heterocycles. The SMILES string of the molecule is C=C(C)C(=O)OCCCCOC(C)OCC12CC3CC(C1)CC(OCC(=O)C(C)(F)F)(C3)C2. The van der Waals surface area contributed by atoms with Gasteiger partial charge in [-0.3, -0.25) is 4.79 Å². The fourth-order valence-electron chi connectivity index (χ4n) is 6.13. The van der Waals surface area contributed by atoms with E-state index < -0.39 is 23.9 Å². The van der Waals surface area contributed by atoms with Gasteiger partial charge in [0.1, 0.15) is 6.61 Å². The molecule has 0 spiro atoms. The highest BCUT2D eigenvalue weighted by Crippen LogP contribution is 2.62. The van der Waals surface area contributed by atoms with Crippen LogP contribution in [0.15, 0.2) is 12.2 Å². The van der Waals surface area contributed by atoms with Crippen LogP contribution in [0.1, 0.15) is 72.1 Å². The largest absolute Gasteiger partial charge is 0.462 e. The third kappa shape index (κ3) is 7.06. The van der Waals surface area contributed by atoms with Crippen molar-refractivity contribution >= 4 is 11.8 Å². The monoisotopic (exact) mass is 472 g/mol. The number of carbonyl (C=O) groups is 2. The smallest absolute Gasteiger partial charge is 0.333 e. The van der Waals surface area contributed by atoms with Crippen LogP contribution in [0.25, 0.3) is 0 Å². The number of hydrogen-bond acceptors (Lipinski definition) is 6. The highest BCUT2D eigenvalue weighted by Gasteiger charge is 2.58. The molecular weight excluding hydrogens is 434 g/mol. The van der Waals surface area contributed by atoms with E-state index in [4.69, 9.17) is 18.9 Å². The van der Waals surface area contributed by atoms with E-state index in [0.717, 1.165) is 44.9 Å². The normalized spacial score (nSPS) is 31.4. The summed E-state index contributed by atoms with van der Waals surface area (Å²) in [5, 5.41) is 0. The molecule has 188 valence electrons. The van der Waals surface area contributed by atoms with Gasteiger partial charge >= 0.3 is 11.9 Å². The Bertz CT molecular complexity index is 717. The second-order valence-electron chi connectivity index (χ2n) is 10.6. The maximum Gasteiger partial charge on any atom is 0.333 e. The van der Waals surface area contributed by atoms with Crippen LogP contribution in [0.3, 0.4) is 0 Å². The van der Waals surface area contributed by atoms with E-state index in [1.807, 2.05) is 6.92 Å². The van der Waals surface area contributed by atoms with E-state index in [0.29, 0.717) is 50.6 Å². The lowest BCUT2D eigenvalue weighted by Crippen LogP contribution is -2.58. The minimum Gasteiger partial charge on any atom is -0.462 e. The summed E-state index contributed by atoms with van der Waals surface area (Å²) in [6.45, 7) is 8.52. The zero-order valence-corrected chi connectivity index (χ0v) is 20.1. The molecule has 4 aliphatic carbocycles. The number of Topliss-reactive ketones (excluding diaryl/α,β-unsaturated/α-hetero) is 1. The van der Waals surface area contributed by atoms with Gasteiger partial charge in [0.25, 0.3) is 0 Å². The third-order valence-electron chi connectivity index (χ3n) is 7.22. The van der Waals surface area contributed by atoms with Crippen molar-refractivity contribution in [2.45, 2.75) is 90.0 Å². The highest BCUT2D eigenvalue weighted by molar-refractivity contribution is 5.87. The number of ether oxygens (including phenoxy) is 4. The molecule has 6 nitrogen and oxygen atoms in total. The van der Waals surface area contributed by atoms with Gasteiger partial charge in [0.05, 0.1) is 18.8 Å². The summed E-state index contributed by atoms with van der Waals surface area (Å²) < 4.78 is 49.4. The number of ketones is 1. The van der Waals surface area contributed by atoms with Crippen LogP contribution in [0, 0.1) is 17.3 Å². The predicted octanol–water partition coefficient (Wildman–Crippen LogP) is 4.85. The van der Waals surface area contributed by atoms with Crippen LogP contribution in [0.2, 0.25) is 0 Å². The molecule has 0 aromatic rings. The van der Waals surface area contributed by atoms with Gasteiger partial charge in [-0.05, 0) is 82.5 Å². The van der Waals surface area contributed by atoms with Gasteiger partial charge in [-0.1, -0.05) is 6.58 Å². The molecule has 0 amide bonds. The maximum atomic E-state index is 13.3. The van der Waals surface area contributed by atoms with Crippen LogP contribution in [0.5, 0.6) is 0 Å². The zero-order valence-electron chi connectivity index (χ0n) is 20.1. The molecule has 0 aliphatic heterocycles. The molecule has 4 bridgehead atoms. The van der Waals surface area contributed by atoms with Gasteiger partial charge in [-0.15, -0.1) is 0 Å². The van der Waals surface area contributed by atoms with Crippen LogP contribution < -0.4 is 0 Å². The quantitative estimate of drug-likeness (QED) is 0.156. The molecular formula is C25H38F2O6. The lowest BCUT2D eigenvalue weighted by atomic mass is 9.48. The lowest BCUT2D eigenvalue weighted by Gasteiger charge is -2.61. The van der Waals surface area contributed by atoms with Crippen molar-refractivity contribution < 1.29 is 37.3 Å². The first-order valence-electron chi connectivity index (χ1n) is 12.0. The van der Waals surface area contributed by atoms with Crippen molar-refractivity contribution in [1.29, 1.82) is 0 Å². The number of hydrogen-bond donors (Lipinski definition) is 0. The van der Waals surface area contributed by atoms with Gasteiger partial charge < -0.3 is 18.9 Å². The number of halogens is 2. The highest BCUT2D eigenvalue weighted by atomic mass is 19.3. The Morgan fingerprint density at radius 3 is 2.33 bits per heavy atom. The molecule has 4 rings (SSSR count). The van der Waals surface area contributed by atoms with Crippen molar-refractivity contribution in [1.82, 2.24) is 0 Å². The second-order valence-corrected chi connectivity index (χ2v) is 10.6. The summed E-state index contributed by atoms with van der Waals surface area (Å²) in [6.07, 6.45) is 6.76. The minimum absolute atomic E-state index is 0.0454. The predicted molar refractivity (Wildman–Crippen MR) is 118 cm³/mol. The van der Waals surface area contributed by atoms with Crippen LogP contribution in [-0.4, -0.2) is 56.0 Å². The van der Waals surface area contributed by atoms with Crippen LogP contribution in [-0.2, 0) is 28.5 Å². The molecule has 0 radical (unpaired) electrons. The molecule has 3 unspecified atom stereocenters. The first kappa shape index (κ1) is 26.2. The summed E-state index contributed by atoms with van der Waals surface area (Å²) in [5.74, 6) is -3.91. The molecule has 0 N–H and O–H groups in total. The van der Waals surface area contributed by atoms with E-state index in [1.54, 1.807) is 6.92 Å². The van der Waals surface area contributed by atoms with Gasteiger partial charge in [0.15, 0.2) is 6.29 Å². The molecule has 0 saturated heterocycles. The van der Waals surface area contributed by atoms with Crippen molar-refractivity contribution in [2.75, 3.05) is 26.4 Å². The van der Waals surface area contributed by atoms with E-state index in [2.05, 4.69) is 6.58 Å². The van der Waals surface area contributed by atoms with E-state index in [1.165, 1.54) is 0 Å². The van der Waals surface area contributed by atoms with Gasteiger partial charge in [0.2, 0.25) is 5.78 Å². The first-order chi connectivity index (χ1) is 15.4. The van der Waals surface area contributed by atoms with Gasteiger partial charge in [-0.2, -0.15) is 8.78 Å². The van der Waals surface area contributed by atoms with E-state index in [-0.39, 0.29) is 17.7 Å². The van der Waals surface area contributed by atoms with Gasteiger partial charge in [0, 0.05) is 19.1 Å². The van der Waals surface area contributed by atoms with Crippen molar-refractivity contribution in [3.8, 4) is 0 Å². The Morgan fingerprint density at radius 2 is 1.73 bits per heavy atom. The van der Waals surface area contributed by atoms with Crippen LogP contribution >= 0.6 is 0 Å². The van der Waals surface area contributed by atoms with Crippen molar-refractivity contribution in [2.24, 2.45) is 17.3 Å². The van der Waals surface area contributed by atoms with E-state index in [9.17, 15) is 18.4 Å². The number of esters is 1. The average molecular weight is 473 g/mol. The fraction of sp³-hybridized carbons (Fsp3) is 0.840. The lowest BCUT2D eigenvalue weighted by molar-refractivity contribution is -0.227. The Kier molecular flexibility index (Phi) is 8.33. The zero-order chi connectivity index (χ0) is 24.3. The molecule has 4 aliphatic rings. The number of rotatable bonds is 14. The first-order valence-corrected chi connectivity index (χ1v) is 12.0. The molecule has 33 heavy (non-hydrogen) atoms. The molecule has 0 aromatic carbocycles. The fourth-order valence-corrected chi connectivity index (χ4v) is 6.13. The Hall–Kier alpha value is -1.38. The topological polar surface area (TPSA) is 71.1 Å². The maximum absolute atomic E-state index is 13.3. The minimum atomic E-state index is -3.36. The molecule has 8 heteroatoms. The number of unbranched alkanes of at least 4 members (excludes halogenated alkanes) is 1. The van der Waals surface area contributed by atoms with Crippen LogP contribution in [0.4, 0.5) is 8.78 Å². The number of alkyl halides is 2. The number of carbonyl (C=O) groups excluding carboxylic acids is 2. The summed E-state index contributed by atoms with van der Waals surface area (Å²) >= 11 is 0. The average Bonchev–Trinajstić information content (AvgIpc) is 2.71. The van der Waals surface area contributed by atoms with Gasteiger partial charge in [-0.25, -0.2) is 4.79 Å². The molecule has 4 saturated carbocycles. The summed E-state index contributed by atoms with van der Waals surface area (Å²) in [5.41, 5.74) is -0.143. The summed E-state index contributed by atoms with van der Waals surface area (Å²) in [7, 11) is 0. The van der Waals surface area contributed by atoms with Crippen molar-refractivity contribution in [3.63, 3.8) is 0 Å².